The molecular formula is C13H22N4O2. The number of aromatic amines is 1. The van der Waals surface area contributed by atoms with Crippen molar-refractivity contribution in [3.8, 4) is 5.75 Å². The van der Waals surface area contributed by atoms with Gasteiger partial charge in [0.2, 0.25) is 5.75 Å². The monoisotopic (exact) mass is 266 g/mol. The lowest BCUT2D eigenvalue weighted by atomic mass is 9.74. The summed E-state index contributed by atoms with van der Waals surface area (Å²) >= 11 is 0. The van der Waals surface area contributed by atoms with E-state index in [4.69, 9.17) is 10.5 Å². The van der Waals surface area contributed by atoms with Gasteiger partial charge in [-0.3, -0.25) is 4.79 Å². The summed E-state index contributed by atoms with van der Waals surface area (Å²) in [6, 6.07) is 0. The molecule has 6 nitrogen and oxygen atoms in total. The number of hydrogen-bond donors (Lipinski definition) is 3. The highest BCUT2D eigenvalue weighted by Crippen LogP contribution is 2.35. The number of ether oxygens (including phenoxy) is 1. The van der Waals surface area contributed by atoms with Crippen LogP contribution < -0.4 is 21.3 Å². The van der Waals surface area contributed by atoms with Gasteiger partial charge in [-0.15, -0.1) is 0 Å². The molecule has 1 saturated carbocycles. The van der Waals surface area contributed by atoms with Gasteiger partial charge in [0.25, 0.3) is 5.56 Å². The quantitative estimate of drug-likeness (QED) is 0.742. The topological polar surface area (TPSA) is 93.0 Å². The molecule has 1 aromatic rings. The minimum absolute atomic E-state index is 0.119. The molecule has 0 aliphatic heterocycles. The number of anilines is 1. The molecule has 1 heterocycles. The number of hydrogen-bond acceptors (Lipinski definition) is 5. The Morgan fingerprint density at radius 2 is 2.21 bits per heavy atom. The zero-order valence-electron chi connectivity index (χ0n) is 11.4. The number of nitrogens with one attached hydrogen (secondary N) is 2. The van der Waals surface area contributed by atoms with Gasteiger partial charge in [0, 0.05) is 6.54 Å². The number of rotatable bonds is 5. The number of nitrogens with zero attached hydrogens (tertiary/aromatic N) is 1. The molecular weight excluding hydrogens is 244 g/mol. The molecule has 0 atom stereocenters. The molecule has 19 heavy (non-hydrogen) atoms. The van der Waals surface area contributed by atoms with Crippen molar-refractivity contribution in [2.75, 3.05) is 25.5 Å². The van der Waals surface area contributed by atoms with Gasteiger partial charge in [-0.05, 0) is 24.8 Å². The van der Waals surface area contributed by atoms with Crippen LogP contribution in [-0.4, -0.2) is 30.2 Å². The fraction of sp³-hybridized carbons (Fsp3) is 0.692. The summed E-state index contributed by atoms with van der Waals surface area (Å²) in [5, 5.41) is 3.23. The second-order valence-corrected chi connectivity index (χ2v) is 5.23. The molecule has 6 heteroatoms. The third kappa shape index (κ3) is 3.07. The van der Waals surface area contributed by atoms with Crippen LogP contribution in [0.25, 0.3) is 0 Å². The third-order valence-corrected chi connectivity index (χ3v) is 3.99. The minimum atomic E-state index is -0.273. The van der Waals surface area contributed by atoms with Crippen molar-refractivity contribution in [3.05, 3.63) is 16.7 Å². The predicted octanol–water partition coefficient (Wildman–Crippen LogP) is 1.10. The highest BCUT2D eigenvalue weighted by Gasteiger charge is 2.30. The van der Waals surface area contributed by atoms with Crippen LogP contribution in [0.4, 0.5) is 5.82 Å². The number of nitrogens with two attached hydrogens (primary N) is 1. The molecule has 0 spiro atoms. The summed E-state index contributed by atoms with van der Waals surface area (Å²) in [5.74, 6) is 0.718. The summed E-state index contributed by atoms with van der Waals surface area (Å²) in [7, 11) is 1.47. The smallest absolute Gasteiger partial charge is 0.295 e. The van der Waals surface area contributed by atoms with Crippen LogP contribution in [0, 0.1) is 5.41 Å². The molecule has 1 aliphatic carbocycles. The van der Waals surface area contributed by atoms with Gasteiger partial charge in [-0.1, -0.05) is 19.3 Å². The second-order valence-electron chi connectivity index (χ2n) is 5.23. The Labute approximate surface area is 112 Å². The van der Waals surface area contributed by atoms with Crippen molar-refractivity contribution in [3.63, 3.8) is 0 Å². The standard InChI is InChI=1S/C13H22N4O2/c1-19-10-11(16-9-17-12(10)18)15-8-13(7-14)5-3-2-4-6-13/h9H,2-8,14H2,1H3,(H2,15,16,17,18). The van der Waals surface area contributed by atoms with E-state index >= 15 is 0 Å². The van der Waals surface area contributed by atoms with E-state index < -0.39 is 0 Å². The van der Waals surface area contributed by atoms with E-state index in [0.29, 0.717) is 12.4 Å². The van der Waals surface area contributed by atoms with Crippen molar-refractivity contribution in [2.45, 2.75) is 32.1 Å². The first kappa shape index (κ1) is 13.9. The van der Waals surface area contributed by atoms with Gasteiger partial charge in [0.05, 0.1) is 13.4 Å². The maximum Gasteiger partial charge on any atom is 0.295 e. The highest BCUT2D eigenvalue weighted by molar-refractivity contribution is 5.48. The lowest BCUT2D eigenvalue weighted by molar-refractivity contribution is 0.215. The summed E-state index contributed by atoms with van der Waals surface area (Å²) in [4.78, 5) is 18.2. The van der Waals surface area contributed by atoms with Crippen molar-refractivity contribution in [2.24, 2.45) is 11.1 Å². The van der Waals surface area contributed by atoms with Crippen molar-refractivity contribution in [1.29, 1.82) is 0 Å². The van der Waals surface area contributed by atoms with Crippen molar-refractivity contribution < 1.29 is 4.74 Å². The van der Waals surface area contributed by atoms with Crippen LogP contribution in [0.3, 0.4) is 0 Å². The molecule has 0 aromatic carbocycles. The summed E-state index contributed by atoms with van der Waals surface area (Å²) in [6.45, 7) is 1.39. The van der Waals surface area contributed by atoms with Gasteiger partial charge in [0.1, 0.15) is 0 Å². The molecule has 0 amide bonds. The van der Waals surface area contributed by atoms with E-state index in [9.17, 15) is 4.79 Å². The Kier molecular flexibility index (Phi) is 4.42. The van der Waals surface area contributed by atoms with Crippen molar-refractivity contribution >= 4 is 5.82 Å². The fourth-order valence-corrected chi connectivity index (χ4v) is 2.73. The van der Waals surface area contributed by atoms with Gasteiger partial charge in [0.15, 0.2) is 5.82 Å². The molecule has 1 fully saturated rings. The molecule has 0 saturated heterocycles. The molecule has 2 rings (SSSR count). The molecule has 0 bridgehead atoms. The molecule has 1 aliphatic rings. The SMILES string of the molecule is COc1c(NCC2(CN)CCCCC2)nc[nH]c1=O. The maximum absolute atomic E-state index is 11.6. The normalized spacial score (nSPS) is 18.0. The van der Waals surface area contributed by atoms with E-state index in [1.54, 1.807) is 0 Å². The van der Waals surface area contributed by atoms with Crippen LogP contribution in [0.5, 0.6) is 5.75 Å². The summed E-state index contributed by atoms with van der Waals surface area (Å²) in [6.07, 6.45) is 7.36. The Morgan fingerprint density at radius 3 is 2.84 bits per heavy atom. The number of methoxy groups -OCH3 is 1. The first-order valence-electron chi connectivity index (χ1n) is 6.76. The fourth-order valence-electron chi connectivity index (χ4n) is 2.73. The Hall–Kier alpha value is -1.56. The molecule has 106 valence electrons. The van der Waals surface area contributed by atoms with Gasteiger partial charge >= 0.3 is 0 Å². The average molecular weight is 266 g/mol. The zero-order chi connectivity index (χ0) is 13.7. The predicted molar refractivity (Wildman–Crippen MR) is 74.5 cm³/mol. The Balaban J connectivity index is 2.09. The molecule has 1 aromatic heterocycles. The first-order valence-corrected chi connectivity index (χ1v) is 6.76. The number of H-pyrrole nitrogens is 1. The van der Waals surface area contributed by atoms with Gasteiger partial charge < -0.3 is 20.8 Å². The lowest BCUT2D eigenvalue weighted by Crippen LogP contribution is -2.39. The Bertz CT molecular complexity index is 466. The number of aromatic nitrogens is 2. The third-order valence-electron chi connectivity index (χ3n) is 3.99. The van der Waals surface area contributed by atoms with Gasteiger partial charge in [-0.25, -0.2) is 4.98 Å². The van der Waals surface area contributed by atoms with E-state index in [1.807, 2.05) is 0 Å². The van der Waals surface area contributed by atoms with Crippen molar-refractivity contribution in [1.82, 2.24) is 9.97 Å². The minimum Gasteiger partial charge on any atom is -0.489 e. The van der Waals surface area contributed by atoms with E-state index in [0.717, 1.165) is 19.4 Å². The van der Waals surface area contributed by atoms with E-state index in [1.165, 1.54) is 32.7 Å². The highest BCUT2D eigenvalue weighted by atomic mass is 16.5. The molecule has 0 radical (unpaired) electrons. The first-order chi connectivity index (χ1) is 9.21. The van der Waals surface area contributed by atoms with Crippen LogP contribution in [-0.2, 0) is 0 Å². The van der Waals surface area contributed by atoms with Crippen LogP contribution in [0.1, 0.15) is 32.1 Å². The van der Waals surface area contributed by atoms with E-state index in [-0.39, 0.29) is 16.7 Å². The summed E-state index contributed by atoms with van der Waals surface area (Å²) in [5.41, 5.74) is 5.79. The zero-order valence-corrected chi connectivity index (χ0v) is 11.4. The van der Waals surface area contributed by atoms with Crippen LogP contribution >= 0.6 is 0 Å². The van der Waals surface area contributed by atoms with Crippen LogP contribution in [0.2, 0.25) is 0 Å². The maximum atomic E-state index is 11.6. The Morgan fingerprint density at radius 1 is 1.47 bits per heavy atom. The average Bonchev–Trinajstić information content (AvgIpc) is 2.46. The van der Waals surface area contributed by atoms with E-state index in [2.05, 4.69) is 15.3 Å². The van der Waals surface area contributed by atoms with Crippen LogP contribution in [0.15, 0.2) is 11.1 Å². The lowest BCUT2D eigenvalue weighted by Gasteiger charge is -2.36. The largest absolute Gasteiger partial charge is 0.489 e. The second kappa shape index (κ2) is 6.06. The molecule has 4 N–H and O–H groups in total. The molecule has 0 unspecified atom stereocenters. The summed E-state index contributed by atoms with van der Waals surface area (Å²) < 4.78 is 5.08. The van der Waals surface area contributed by atoms with Gasteiger partial charge in [-0.2, -0.15) is 0 Å².